The van der Waals surface area contributed by atoms with Gasteiger partial charge in [-0.3, -0.25) is 11.3 Å². The van der Waals surface area contributed by atoms with Crippen LogP contribution in [0.4, 0.5) is 0 Å². The summed E-state index contributed by atoms with van der Waals surface area (Å²) < 4.78 is 0.842. The Balaban J connectivity index is 2.31. The number of hydrazine groups is 1. The average molecular weight is 395 g/mol. The summed E-state index contributed by atoms with van der Waals surface area (Å²) in [6, 6.07) is 11.0. The quantitative estimate of drug-likeness (QED) is 0.555. The van der Waals surface area contributed by atoms with Gasteiger partial charge in [-0.2, -0.15) is 0 Å². The SMILES string of the molecule is NNC(Cc1c(Cl)cccc1Cl)c1ccc(Br)c(Cl)c1. The van der Waals surface area contributed by atoms with E-state index in [-0.39, 0.29) is 6.04 Å². The molecule has 0 spiro atoms. The fourth-order valence-electron chi connectivity index (χ4n) is 1.93. The summed E-state index contributed by atoms with van der Waals surface area (Å²) >= 11 is 21.9. The van der Waals surface area contributed by atoms with E-state index in [0.717, 1.165) is 15.6 Å². The van der Waals surface area contributed by atoms with Crippen molar-refractivity contribution in [3.05, 3.63) is 67.1 Å². The first-order valence-electron chi connectivity index (χ1n) is 5.87. The van der Waals surface area contributed by atoms with E-state index < -0.39 is 0 Å². The first kappa shape index (κ1) is 16.1. The Morgan fingerprint density at radius 2 is 1.70 bits per heavy atom. The van der Waals surface area contributed by atoms with Gasteiger partial charge in [-0.05, 0) is 57.7 Å². The van der Waals surface area contributed by atoms with Gasteiger partial charge in [-0.1, -0.05) is 46.9 Å². The number of rotatable bonds is 4. The standard InChI is InChI=1S/C14H12BrCl3N2/c15-10-5-4-8(6-13(10)18)14(20-19)7-9-11(16)2-1-3-12(9)17/h1-6,14,20H,7,19H2. The van der Waals surface area contributed by atoms with E-state index >= 15 is 0 Å². The van der Waals surface area contributed by atoms with Crippen LogP contribution in [0.5, 0.6) is 0 Å². The van der Waals surface area contributed by atoms with Crippen molar-refractivity contribution in [2.45, 2.75) is 12.5 Å². The summed E-state index contributed by atoms with van der Waals surface area (Å²) in [5.74, 6) is 5.65. The summed E-state index contributed by atoms with van der Waals surface area (Å²) in [5.41, 5.74) is 4.60. The van der Waals surface area contributed by atoms with Crippen molar-refractivity contribution in [3.8, 4) is 0 Å². The number of nitrogens with one attached hydrogen (secondary N) is 1. The molecule has 20 heavy (non-hydrogen) atoms. The second-order valence-electron chi connectivity index (χ2n) is 4.30. The minimum atomic E-state index is -0.127. The molecule has 0 saturated carbocycles. The molecule has 0 aliphatic rings. The molecule has 0 aliphatic carbocycles. The van der Waals surface area contributed by atoms with Gasteiger partial charge in [0.1, 0.15) is 0 Å². The van der Waals surface area contributed by atoms with Crippen LogP contribution >= 0.6 is 50.7 Å². The van der Waals surface area contributed by atoms with Crippen molar-refractivity contribution in [2.75, 3.05) is 0 Å². The topological polar surface area (TPSA) is 38.0 Å². The highest BCUT2D eigenvalue weighted by Gasteiger charge is 2.15. The monoisotopic (exact) mass is 392 g/mol. The van der Waals surface area contributed by atoms with Crippen molar-refractivity contribution in [1.82, 2.24) is 5.43 Å². The van der Waals surface area contributed by atoms with Crippen LogP contribution in [0.3, 0.4) is 0 Å². The maximum Gasteiger partial charge on any atom is 0.0551 e. The molecular weight excluding hydrogens is 382 g/mol. The van der Waals surface area contributed by atoms with Crippen molar-refractivity contribution in [1.29, 1.82) is 0 Å². The van der Waals surface area contributed by atoms with Gasteiger partial charge in [0, 0.05) is 14.5 Å². The average Bonchev–Trinajstić information content (AvgIpc) is 2.42. The van der Waals surface area contributed by atoms with E-state index in [0.29, 0.717) is 21.5 Å². The summed E-state index contributed by atoms with van der Waals surface area (Å²) in [6.45, 7) is 0. The van der Waals surface area contributed by atoms with E-state index in [1.54, 1.807) is 0 Å². The molecule has 0 heterocycles. The van der Waals surface area contributed by atoms with Crippen molar-refractivity contribution < 1.29 is 0 Å². The molecule has 2 aromatic carbocycles. The van der Waals surface area contributed by atoms with E-state index in [9.17, 15) is 0 Å². The Morgan fingerprint density at radius 3 is 2.25 bits per heavy atom. The summed E-state index contributed by atoms with van der Waals surface area (Å²) in [6.07, 6.45) is 0.576. The molecule has 0 amide bonds. The smallest absolute Gasteiger partial charge is 0.0551 e. The van der Waals surface area contributed by atoms with Crippen molar-refractivity contribution in [2.24, 2.45) is 5.84 Å². The first-order valence-corrected chi connectivity index (χ1v) is 7.79. The van der Waals surface area contributed by atoms with Gasteiger partial charge in [-0.15, -0.1) is 0 Å². The lowest BCUT2D eigenvalue weighted by atomic mass is 9.99. The Hall–Kier alpha value is -0.290. The highest BCUT2D eigenvalue weighted by molar-refractivity contribution is 9.10. The Morgan fingerprint density at radius 1 is 1.05 bits per heavy atom. The third kappa shape index (κ3) is 3.67. The Kier molecular flexibility index (Phi) is 5.73. The lowest BCUT2D eigenvalue weighted by molar-refractivity contribution is 0.552. The lowest BCUT2D eigenvalue weighted by Crippen LogP contribution is -2.29. The normalized spacial score (nSPS) is 12.4. The van der Waals surface area contributed by atoms with Gasteiger partial charge in [0.25, 0.3) is 0 Å². The summed E-state index contributed by atoms with van der Waals surface area (Å²) in [4.78, 5) is 0. The Bertz CT molecular complexity index is 599. The summed E-state index contributed by atoms with van der Waals surface area (Å²) in [7, 11) is 0. The van der Waals surface area contributed by atoms with Crippen LogP contribution in [0.15, 0.2) is 40.9 Å². The maximum absolute atomic E-state index is 6.19. The zero-order chi connectivity index (χ0) is 14.7. The van der Waals surface area contributed by atoms with Crippen LogP contribution in [0.1, 0.15) is 17.2 Å². The molecule has 0 bridgehead atoms. The number of benzene rings is 2. The van der Waals surface area contributed by atoms with Crippen LogP contribution in [0, 0.1) is 0 Å². The molecule has 106 valence electrons. The van der Waals surface area contributed by atoms with Gasteiger partial charge in [0.15, 0.2) is 0 Å². The number of hydrogen-bond donors (Lipinski definition) is 2. The predicted molar refractivity (Wildman–Crippen MR) is 89.4 cm³/mol. The van der Waals surface area contributed by atoms with Crippen molar-refractivity contribution in [3.63, 3.8) is 0 Å². The molecule has 0 saturated heterocycles. The molecule has 1 unspecified atom stereocenters. The second-order valence-corrected chi connectivity index (χ2v) is 6.37. The number of nitrogens with two attached hydrogens (primary N) is 1. The minimum Gasteiger partial charge on any atom is -0.271 e. The third-order valence-electron chi connectivity index (χ3n) is 3.02. The molecule has 0 aromatic heterocycles. The fourth-order valence-corrected chi connectivity index (χ4v) is 2.92. The van der Waals surface area contributed by atoms with Gasteiger partial charge in [0.05, 0.1) is 11.1 Å². The molecule has 0 fully saturated rings. The molecule has 6 heteroatoms. The van der Waals surface area contributed by atoms with Gasteiger partial charge in [0.2, 0.25) is 0 Å². The van der Waals surface area contributed by atoms with Crippen molar-refractivity contribution >= 4 is 50.7 Å². The predicted octanol–water partition coefficient (Wildman–Crippen LogP) is 5.16. The molecule has 2 aromatic rings. The van der Waals surface area contributed by atoms with Crippen LogP contribution in [-0.4, -0.2) is 0 Å². The zero-order valence-electron chi connectivity index (χ0n) is 10.3. The van der Waals surface area contributed by atoms with Crippen LogP contribution in [0.2, 0.25) is 15.1 Å². The molecule has 0 aliphatic heterocycles. The molecule has 3 N–H and O–H groups in total. The largest absolute Gasteiger partial charge is 0.271 e. The Labute approximate surface area is 141 Å². The molecule has 1 atom stereocenters. The molecule has 0 radical (unpaired) electrons. The maximum atomic E-state index is 6.19. The van der Waals surface area contributed by atoms with E-state index in [2.05, 4.69) is 21.4 Å². The fraction of sp³-hybridized carbons (Fsp3) is 0.143. The zero-order valence-corrected chi connectivity index (χ0v) is 14.2. The molecule has 2 rings (SSSR count). The highest BCUT2D eigenvalue weighted by atomic mass is 79.9. The van der Waals surface area contributed by atoms with Crippen LogP contribution in [-0.2, 0) is 6.42 Å². The van der Waals surface area contributed by atoms with Gasteiger partial charge >= 0.3 is 0 Å². The minimum absolute atomic E-state index is 0.127. The number of halogens is 4. The first-order chi connectivity index (χ1) is 9.52. The number of hydrogen-bond acceptors (Lipinski definition) is 2. The van der Waals surface area contributed by atoms with Crippen LogP contribution < -0.4 is 11.3 Å². The summed E-state index contributed by atoms with van der Waals surface area (Å²) in [5, 5.41) is 1.88. The lowest BCUT2D eigenvalue weighted by Gasteiger charge is -2.18. The van der Waals surface area contributed by atoms with E-state index in [4.69, 9.17) is 40.6 Å². The van der Waals surface area contributed by atoms with Gasteiger partial charge in [-0.25, -0.2) is 0 Å². The second kappa shape index (κ2) is 7.12. The molecule has 2 nitrogen and oxygen atoms in total. The third-order valence-corrected chi connectivity index (χ3v) is 4.96. The highest BCUT2D eigenvalue weighted by Crippen LogP contribution is 2.31. The van der Waals surface area contributed by atoms with E-state index in [1.165, 1.54) is 0 Å². The molecular formula is C14H12BrCl3N2. The van der Waals surface area contributed by atoms with E-state index in [1.807, 2.05) is 36.4 Å². The van der Waals surface area contributed by atoms with Crippen LogP contribution in [0.25, 0.3) is 0 Å². The van der Waals surface area contributed by atoms with Gasteiger partial charge < -0.3 is 0 Å².